The van der Waals surface area contributed by atoms with Crippen molar-refractivity contribution in [2.75, 3.05) is 11.5 Å². The zero-order valence-electron chi connectivity index (χ0n) is 11.4. The SMILES string of the molecule is C[C@]1(C(=O)O)CS[C@H](CCS[C](=[Ni])c2ccccc2O)N1. The van der Waals surface area contributed by atoms with Crippen LogP contribution in [0.15, 0.2) is 24.3 Å². The summed E-state index contributed by atoms with van der Waals surface area (Å²) in [4.78, 5) is 11.1. The Labute approximate surface area is 140 Å². The van der Waals surface area contributed by atoms with Crippen molar-refractivity contribution in [2.24, 2.45) is 0 Å². The molecule has 7 heteroatoms. The molecule has 0 radical (unpaired) electrons. The predicted molar refractivity (Wildman–Crippen MR) is 84.7 cm³/mol. The molecule has 1 fully saturated rings. The van der Waals surface area contributed by atoms with Gasteiger partial charge in [0.05, 0.1) is 0 Å². The summed E-state index contributed by atoms with van der Waals surface area (Å²) in [5, 5.41) is 22.2. The van der Waals surface area contributed by atoms with Gasteiger partial charge in [0.15, 0.2) is 0 Å². The van der Waals surface area contributed by atoms with Crippen LogP contribution in [0.1, 0.15) is 18.9 Å². The molecule has 0 unspecified atom stereocenters. The molecule has 0 spiro atoms. The van der Waals surface area contributed by atoms with E-state index in [0.717, 1.165) is 12.2 Å². The van der Waals surface area contributed by atoms with Gasteiger partial charge in [-0.3, -0.25) is 0 Å². The molecule has 4 nitrogen and oxygen atoms in total. The molecule has 0 aliphatic carbocycles. The van der Waals surface area contributed by atoms with Gasteiger partial charge in [0, 0.05) is 0 Å². The predicted octanol–water partition coefficient (Wildman–Crippen LogP) is 2.05. The van der Waals surface area contributed by atoms with Gasteiger partial charge in [-0.25, -0.2) is 0 Å². The van der Waals surface area contributed by atoms with E-state index in [0.29, 0.717) is 15.1 Å². The summed E-state index contributed by atoms with van der Waals surface area (Å²) in [5.74, 6) is 0.768. The van der Waals surface area contributed by atoms with Crippen molar-refractivity contribution in [3.63, 3.8) is 0 Å². The van der Waals surface area contributed by atoms with Gasteiger partial charge >= 0.3 is 140 Å². The van der Waals surface area contributed by atoms with Crippen LogP contribution in [-0.2, 0) is 19.8 Å². The number of benzene rings is 1. The van der Waals surface area contributed by atoms with Crippen LogP contribution in [0, 0.1) is 0 Å². The Hall–Kier alpha value is -0.486. The van der Waals surface area contributed by atoms with Crippen LogP contribution < -0.4 is 5.32 Å². The molecule has 2 atom stereocenters. The van der Waals surface area contributed by atoms with Crippen molar-refractivity contribution in [1.29, 1.82) is 0 Å². The molecule has 0 amide bonds. The number of thioether (sulfide) groups is 2. The van der Waals surface area contributed by atoms with Crippen molar-refractivity contribution < 1.29 is 30.0 Å². The quantitative estimate of drug-likeness (QED) is 0.666. The van der Waals surface area contributed by atoms with E-state index in [1.54, 1.807) is 30.8 Å². The van der Waals surface area contributed by atoms with E-state index in [4.69, 9.17) is 20.1 Å². The summed E-state index contributed by atoms with van der Waals surface area (Å²) < 4.78 is 0.706. The molecule has 1 aromatic carbocycles. The maximum atomic E-state index is 11.1. The number of rotatable bonds is 6. The average Bonchev–Trinajstić information content (AvgIpc) is 2.82. The number of hydrogen-bond donors (Lipinski definition) is 3. The Morgan fingerprint density at radius 2 is 2.29 bits per heavy atom. The summed E-state index contributed by atoms with van der Waals surface area (Å²) in [7, 11) is 0. The number of phenolic OH excluding ortho intramolecular Hbond substituents is 1. The van der Waals surface area contributed by atoms with Gasteiger partial charge in [-0.1, -0.05) is 0 Å². The number of carbonyl (C=O) groups is 1. The molecule has 1 saturated heterocycles. The molecular weight excluding hydrogens is 353 g/mol. The number of hydrogen-bond acceptors (Lipinski definition) is 5. The third kappa shape index (κ3) is 4.25. The first kappa shape index (κ1) is 16.9. The molecule has 1 aliphatic heterocycles. The van der Waals surface area contributed by atoms with E-state index in [1.807, 2.05) is 12.1 Å². The van der Waals surface area contributed by atoms with Crippen LogP contribution in [0.5, 0.6) is 5.75 Å². The fraction of sp³-hybridized carbons (Fsp3) is 0.429. The molecule has 1 heterocycles. The van der Waals surface area contributed by atoms with Crippen molar-refractivity contribution >= 4 is 33.3 Å². The van der Waals surface area contributed by atoms with E-state index < -0.39 is 11.5 Å². The first-order valence-corrected chi connectivity index (χ1v) is 8.98. The zero-order chi connectivity index (χ0) is 15.5. The van der Waals surface area contributed by atoms with Crippen molar-refractivity contribution in [3.8, 4) is 5.75 Å². The summed E-state index contributed by atoms with van der Waals surface area (Å²) in [5.41, 5.74) is -0.134. The first-order valence-electron chi connectivity index (χ1n) is 6.45. The van der Waals surface area contributed by atoms with E-state index in [1.165, 1.54) is 11.8 Å². The molecule has 21 heavy (non-hydrogen) atoms. The van der Waals surface area contributed by atoms with Gasteiger partial charge in [0.25, 0.3) is 0 Å². The Kier molecular flexibility index (Phi) is 5.77. The van der Waals surface area contributed by atoms with Crippen LogP contribution in [0.3, 0.4) is 0 Å². The van der Waals surface area contributed by atoms with Gasteiger partial charge in [-0.05, 0) is 0 Å². The summed E-state index contributed by atoms with van der Waals surface area (Å²) in [6.45, 7) is 1.71. The normalized spacial score (nSPS) is 25.0. The van der Waals surface area contributed by atoms with Crippen LogP contribution in [0.25, 0.3) is 0 Å². The Morgan fingerprint density at radius 3 is 2.90 bits per heavy atom. The molecule has 0 aromatic heterocycles. The summed E-state index contributed by atoms with van der Waals surface area (Å²) >= 11 is 8.15. The number of phenols is 1. The first-order chi connectivity index (χ1) is 9.92. The molecule has 0 bridgehead atoms. The Morgan fingerprint density at radius 1 is 1.57 bits per heavy atom. The molecular formula is C14H17NNiO3S2. The Bertz CT molecular complexity index is 555. The minimum atomic E-state index is -0.833. The Balaban J connectivity index is 1.80. The van der Waals surface area contributed by atoms with Crippen molar-refractivity contribution in [1.82, 2.24) is 5.32 Å². The molecule has 1 aliphatic rings. The number of nitrogens with one attached hydrogen (secondary N) is 1. The van der Waals surface area contributed by atoms with E-state index >= 15 is 0 Å². The zero-order valence-corrected chi connectivity index (χ0v) is 14.1. The van der Waals surface area contributed by atoms with E-state index in [9.17, 15) is 9.90 Å². The molecule has 3 N–H and O–H groups in total. The van der Waals surface area contributed by atoms with Gasteiger partial charge in [0.1, 0.15) is 0 Å². The topological polar surface area (TPSA) is 69.6 Å². The van der Waals surface area contributed by atoms with E-state index in [2.05, 4.69) is 5.32 Å². The standard InChI is InChI=1S/C14H17NO3S2.Ni/c1-14(13(17)18)9-20-12(15-14)6-7-19-8-10-4-2-3-5-11(10)16;/h2-5,12,15-16H,6-7,9H2,1H3,(H,17,18);/t12-,14-;/m1./s1. The third-order valence-electron chi connectivity index (χ3n) is 3.22. The van der Waals surface area contributed by atoms with Crippen LogP contribution in [-0.4, -0.2) is 42.4 Å². The summed E-state index contributed by atoms with van der Waals surface area (Å²) in [6.07, 6.45) is 0.832. The molecule has 2 rings (SSSR count). The number of para-hydroxylation sites is 1. The van der Waals surface area contributed by atoms with Gasteiger partial charge in [0.2, 0.25) is 0 Å². The van der Waals surface area contributed by atoms with Crippen molar-refractivity contribution in [3.05, 3.63) is 29.8 Å². The monoisotopic (exact) mass is 369 g/mol. The second-order valence-electron chi connectivity index (χ2n) is 4.98. The summed E-state index contributed by atoms with van der Waals surface area (Å²) in [6, 6.07) is 7.05. The van der Waals surface area contributed by atoms with Crippen LogP contribution >= 0.6 is 23.5 Å². The molecule has 118 valence electrons. The average molecular weight is 370 g/mol. The van der Waals surface area contributed by atoms with Gasteiger partial charge < -0.3 is 0 Å². The van der Waals surface area contributed by atoms with E-state index in [-0.39, 0.29) is 11.1 Å². The minimum absolute atomic E-state index is 0.135. The van der Waals surface area contributed by atoms with Crippen LogP contribution in [0.2, 0.25) is 0 Å². The fourth-order valence-corrected chi connectivity index (χ4v) is 4.82. The molecule has 0 saturated carbocycles. The van der Waals surface area contributed by atoms with Gasteiger partial charge in [-0.2, -0.15) is 0 Å². The number of carboxylic acids is 1. The number of aromatic hydroxyl groups is 1. The van der Waals surface area contributed by atoms with Gasteiger partial charge in [-0.15, -0.1) is 0 Å². The maximum absolute atomic E-state index is 11.1. The van der Waals surface area contributed by atoms with Crippen LogP contribution in [0.4, 0.5) is 0 Å². The number of carboxylic acid groups (broad SMARTS) is 1. The molecule has 1 aromatic rings. The second kappa shape index (κ2) is 7.18. The third-order valence-corrected chi connectivity index (χ3v) is 6.31. The fourth-order valence-electron chi connectivity index (χ4n) is 1.94. The van der Waals surface area contributed by atoms with Crippen molar-refractivity contribution in [2.45, 2.75) is 24.3 Å². The second-order valence-corrected chi connectivity index (χ2v) is 8.05. The number of aliphatic carboxylic acids is 1.